The van der Waals surface area contributed by atoms with Crippen LogP contribution in [-0.2, 0) is 23.9 Å². The Morgan fingerprint density at radius 1 is 1.13 bits per heavy atom. The van der Waals surface area contributed by atoms with Gasteiger partial charge in [0.2, 0.25) is 23.5 Å². The predicted molar refractivity (Wildman–Crippen MR) is 170 cm³/mol. The molecule has 2 saturated heterocycles. The first-order valence-electron chi connectivity index (χ1n) is 15.8. The Kier molecular flexibility index (Phi) is 14.2. The molecule has 1 aromatic heterocycles. The van der Waals surface area contributed by atoms with Crippen LogP contribution in [0.1, 0.15) is 81.4 Å². The number of hydrogen-bond acceptors (Lipinski definition) is 10. The number of guanidine groups is 1. The summed E-state index contributed by atoms with van der Waals surface area (Å²) in [7, 11) is 1.31. The van der Waals surface area contributed by atoms with Crippen LogP contribution in [0.2, 0.25) is 0 Å². The topological polar surface area (TPSA) is 202 Å². The van der Waals surface area contributed by atoms with E-state index >= 15 is 0 Å². The number of Topliss-reactive ketones (excluding diaryl/α,β-unsaturated/α-hetero) is 1. The highest BCUT2D eigenvalue weighted by molar-refractivity contribution is 7.11. The van der Waals surface area contributed by atoms with Crippen LogP contribution in [0, 0.1) is 5.92 Å². The number of thiazole rings is 1. The van der Waals surface area contributed by atoms with Crippen LogP contribution in [0.5, 0.6) is 0 Å². The summed E-state index contributed by atoms with van der Waals surface area (Å²) in [5.74, 6) is -1.60. The monoisotopic (exact) mass is 648 g/mol. The summed E-state index contributed by atoms with van der Waals surface area (Å²) in [5, 5.41) is 7.90. The van der Waals surface area contributed by atoms with Crippen molar-refractivity contribution in [2.45, 2.75) is 95.8 Å². The van der Waals surface area contributed by atoms with Crippen LogP contribution in [0.4, 0.5) is 0 Å². The Morgan fingerprint density at radius 3 is 2.49 bits per heavy atom. The van der Waals surface area contributed by atoms with Crippen molar-refractivity contribution in [1.82, 2.24) is 25.4 Å². The van der Waals surface area contributed by atoms with Crippen LogP contribution in [0.3, 0.4) is 0 Å². The fourth-order valence-corrected chi connectivity index (χ4v) is 6.82. The normalized spacial score (nSPS) is 19.5. The first-order chi connectivity index (χ1) is 21.6. The van der Waals surface area contributed by atoms with E-state index in [2.05, 4.69) is 20.6 Å². The van der Waals surface area contributed by atoms with E-state index in [1.807, 2.05) is 18.7 Å². The summed E-state index contributed by atoms with van der Waals surface area (Å²) >= 11 is 1.20. The number of piperazine rings is 1. The van der Waals surface area contributed by atoms with Crippen molar-refractivity contribution >= 4 is 46.8 Å². The van der Waals surface area contributed by atoms with Gasteiger partial charge in [-0.3, -0.25) is 33.9 Å². The van der Waals surface area contributed by atoms with E-state index in [1.54, 1.807) is 10.3 Å². The lowest BCUT2D eigenvalue weighted by Crippen LogP contribution is -2.61. The molecule has 2 fully saturated rings. The molecule has 0 radical (unpaired) electrons. The van der Waals surface area contributed by atoms with E-state index in [0.717, 1.165) is 25.7 Å². The number of fused-ring (bicyclic) bond motifs is 1. The van der Waals surface area contributed by atoms with E-state index in [0.29, 0.717) is 50.3 Å². The molecule has 14 nitrogen and oxygen atoms in total. The number of ether oxygens (including phenoxy) is 1. The summed E-state index contributed by atoms with van der Waals surface area (Å²) in [6.45, 7) is 5.23. The van der Waals surface area contributed by atoms with E-state index < -0.39 is 24.1 Å². The summed E-state index contributed by atoms with van der Waals surface area (Å²) in [5.41, 5.74) is 10.8. The van der Waals surface area contributed by atoms with E-state index in [4.69, 9.17) is 16.2 Å². The van der Waals surface area contributed by atoms with Crippen molar-refractivity contribution in [3.63, 3.8) is 0 Å². The molecule has 0 aliphatic carbocycles. The zero-order valence-electron chi connectivity index (χ0n) is 26.5. The SMILES string of the molecule is CCCC(CCC)C(=O)N[C@@H](CC(=O)OC)CN1CC(=O)N2C(C(=O)NC(CCCN=C(N)N)C(=O)c3nccs3)CC[C@H]2C1. The fourth-order valence-electron chi connectivity index (χ4n) is 6.19. The van der Waals surface area contributed by atoms with Gasteiger partial charge in [0.1, 0.15) is 6.04 Å². The van der Waals surface area contributed by atoms with Gasteiger partial charge in [0.05, 0.1) is 32.2 Å². The minimum atomic E-state index is -0.833. The zero-order chi connectivity index (χ0) is 32.9. The van der Waals surface area contributed by atoms with Crippen molar-refractivity contribution in [3.8, 4) is 0 Å². The van der Waals surface area contributed by atoms with Crippen LogP contribution in [0.15, 0.2) is 16.6 Å². The molecular weight excluding hydrogens is 600 g/mol. The van der Waals surface area contributed by atoms with Crippen LogP contribution >= 0.6 is 11.3 Å². The largest absolute Gasteiger partial charge is 0.469 e. The number of nitrogens with one attached hydrogen (secondary N) is 2. The second kappa shape index (κ2) is 17.8. The number of aromatic nitrogens is 1. The van der Waals surface area contributed by atoms with E-state index in [-0.39, 0.29) is 54.4 Å². The number of nitrogens with two attached hydrogens (primary N) is 2. The lowest BCUT2D eigenvalue weighted by atomic mass is 9.96. The van der Waals surface area contributed by atoms with Crippen molar-refractivity contribution < 1.29 is 28.7 Å². The number of esters is 1. The van der Waals surface area contributed by atoms with Crippen LogP contribution < -0.4 is 22.1 Å². The highest BCUT2D eigenvalue weighted by Crippen LogP contribution is 2.29. The number of carbonyl (C=O) groups is 5. The molecule has 250 valence electrons. The molecule has 1 aromatic rings. The van der Waals surface area contributed by atoms with Gasteiger partial charge in [-0.05, 0) is 38.5 Å². The maximum absolute atomic E-state index is 13.5. The maximum atomic E-state index is 13.5. The molecule has 3 amide bonds. The first kappa shape index (κ1) is 35.9. The Morgan fingerprint density at radius 2 is 1.87 bits per heavy atom. The molecule has 2 aliphatic rings. The third-order valence-electron chi connectivity index (χ3n) is 8.25. The third kappa shape index (κ3) is 10.5. The van der Waals surface area contributed by atoms with E-state index in [9.17, 15) is 24.0 Å². The molecular formula is C30H48N8O6S. The molecule has 0 spiro atoms. The minimum absolute atomic E-state index is 0.00495. The van der Waals surface area contributed by atoms with Gasteiger partial charge < -0.3 is 31.7 Å². The summed E-state index contributed by atoms with van der Waals surface area (Å²) in [4.78, 5) is 77.0. The number of rotatable bonds is 18. The molecule has 15 heteroatoms. The number of ketones is 1. The van der Waals surface area contributed by atoms with Crippen molar-refractivity contribution in [1.29, 1.82) is 0 Å². The smallest absolute Gasteiger partial charge is 0.307 e. The van der Waals surface area contributed by atoms with Crippen molar-refractivity contribution in [2.24, 2.45) is 22.4 Å². The Hall–Kier alpha value is -3.59. The zero-order valence-corrected chi connectivity index (χ0v) is 27.4. The molecule has 0 bridgehead atoms. The second-order valence-corrected chi connectivity index (χ2v) is 12.6. The highest BCUT2D eigenvalue weighted by atomic mass is 32.1. The van der Waals surface area contributed by atoms with Gasteiger partial charge >= 0.3 is 5.97 Å². The Bertz CT molecular complexity index is 1190. The van der Waals surface area contributed by atoms with Crippen LogP contribution in [0.25, 0.3) is 0 Å². The molecule has 3 heterocycles. The number of hydrogen-bond donors (Lipinski definition) is 4. The average Bonchev–Trinajstić information content (AvgIpc) is 3.69. The molecule has 4 atom stereocenters. The minimum Gasteiger partial charge on any atom is -0.469 e. The average molecular weight is 649 g/mol. The fraction of sp³-hybridized carbons (Fsp3) is 0.700. The van der Waals surface area contributed by atoms with Gasteiger partial charge in [0, 0.05) is 43.2 Å². The molecule has 3 rings (SSSR count). The molecule has 6 N–H and O–H groups in total. The third-order valence-corrected chi connectivity index (χ3v) is 9.04. The lowest BCUT2D eigenvalue weighted by molar-refractivity contribution is -0.145. The second-order valence-electron chi connectivity index (χ2n) is 11.7. The Labute approximate surface area is 268 Å². The van der Waals surface area contributed by atoms with Gasteiger partial charge in [0.25, 0.3) is 0 Å². The molecule has 2 aliphatic heterocycles. The predicted octanol–water partition coefficient (Wildman–Crippen LogP) is 0.804. The summed E-state index contributed by atoms with van der Waals surface area (Å²) in [6, 6.07) is -2.26. The van der Waals surface area contributed by atoms with Gasteiger partial charge in [0.15, 0.2) is 11.0 Å². The molecule has 45 heavy (non-hydrogen) atoms. The highest BCUT2D eigenvalue weighted by Gasteiger charge is 2.45. The first-order valence-corrected chi connectivity index (χ1v) is 16.7. The summed E-state index contributed by atoms with van der Waals surface area (Å²) < 4.78 is 4.88. The standard InChI is InChI=1S/C30H48N8O6S/c1-4-7-19(8-5-2)27(42)35-20(15-25(40)44-3)16-37-17-21-10-11-23(38(21)24(39)18-37)28(43)36-22(9-6-12-34-30(31)32)26(41)29-33-13-14-45-29/h13-14,19-23H,4-12,15-18H2,1-3H3,(H,35,42)(H,36,43)(H4,31,32,34)/t20-,21-,22?,23?/m0/s1. The maximum Gasteiger partial charge on any atom is 0.307 e. The molecule has 0 saturated carbocycles. The number of nitrogens with zero attached hydrogens (tertiary/aromatic N) is 4. The summed E-state index contributed by atoms with van der Waals surface area (Å²) in [6.07, 6.45) is 6.66. The van der Waals surface area contributed by atoms with Crippen LogP contribution in [-0.4, -0.2) is 108 Å². The Balaban J connectivity index is 1.65. The molecule has 2 unspecified atom stereocenters. The van der Waals surface area contributed by atoms with Gasteiger partial charge in [-0.2, -0.15) is 0 Å². The number of amides is 3. The van der Waals surface area contributed by atoms with Crippen molar-refractivity contribution in [2.75, 3.05) is 33.3 Å². The van der Waals surface area contributed by atoms with Gasteiger partial charge in [-0.25, -0.2) is 4.98 Å². The van der Waals surface area contributed by atoms with E-state index in [1.165, 1.54) is 24.6 Å². The van der Waals surface area contributed by atoms with Gasteiger partial charge in [-0.1, -0.05) is 26.7 Å². The number of methoxy groups -OCH3 is 1. The lowest BCUT2D eigenvalue weighted by Gasteiger charge is -2.40. The quantitative estimate of drug-likeness (QED) is 0.0580. The van der Waals surface area contributed by atoms with Gasteiger partial charge in [-0.15, -0.1) is 11.3 Å². The van der Waals surface area contributed by atoms with Crippen molar-refractivity contribution in [3.05, 3.63) is 16.6 Å². The molecule has 0 aromatic carbocycles. The number of aliphatic imine (C=N–C) groups is 1. The number of carbonyl (C=O) groups excluding carboxylic acids is 5.